The number of allylic oxidation sites excluding steroid dienone is 2. The first-order valence-corrected chi connectivity index (χ1v) is 9.29. The Bertz CT molecular complexity index is 980. The molecule has 1 saturated heterocycles. The number of carbonyl (C=O) groups excluding carboxylic acids is 3. The number of aromatic hydroxyl groups is 1. The highest BCUT2D eigenvalue weighted by atomic mass is 16.3. The van der Waals surface area contributed by atoms with Crippen LogP contribution in [0.25, 0.3) is 0 Å². The van der Waals surface area contributed by atoms with Crippen molar-refractivity contribution in [1.29, 1.82) is 0 Å². The summed E-state index contributed by atoms with van der Waals surface area (Å²) < 4.78 is 0. The molecular weight excluding hydrogens is 356 g/mol. The largest absolute Gasteiger partial charge is 0.508 e. The van der Waals surface area contributed by atoms with E-state index in [-0.39, 0.29) is 47.1 Å². The van der Waals surface area contributed by atoms with Gasteiger partial charge in [-0.3, -0.25) is 19.3 Å². The molecule has 6 heteroatoms. The van der Waals surface area contributed by atoms with Gasteiger partial charge in [-0.05, 0) is 66.8 Å². The normalized spacial score (nSPS) is 27.4. The average molecular weight is 374 g/mol. The molecule has 0 radical (unpaired) electrons. The highest BCUT2D eigenvalue weighted by Gasteiger charge is 2.59. The van der Waals surface area contributed by atoms with Crippen LogP contribution in [0.3, 0.4) is 0 Å². The summed E-state index contributed by atoms with van der Waals surface area (Å²) in [6.07, 6.45) is 5.03. The number of nitrogens with one attached hydrogen (secondary N) is 1. The molecule has 28 heavy (non-hydrogen) atoms. The topological polar surface area (TPSA) is 86.7 Å². The molecule has 1 heterocycles. The Hall–Kier alpha value is -3.41. The van der Waals surface area contributed by atoms with Gasteiger partial charge in [0.2, 0.25) is 11.8 Å². The molecule has 0 unspecified atom stereocenters. The van der Waals surface area contributed by atoms with Crippen molar-refractivity contribution >= 4 is 29.1 Å². The van der Waals surface area contributed by atoms with Gasteiger partial charge < -0.3 is 10.4 Å². The van der Waals surface area contributed by atoms with E-state index < -0.39 is 0 Å². The lowest BCUT2D eigenvalue weighted by Gasteiger charge is -2.17. The highest BCUT2D eigenvalue weighted by Crippen LogP contribution is 2.53. The van der Waals surface area contributed by atoms with Crippen LogP contribution in [-0.2, 0) is 9.59 Å². The molecule has 2 aliphatic carbocycles. The number of carbonyl (C=O) groups is 3. The Labute approximate surface area is 161 Å². The fourth-order valence-electron chi connectivity index (χ4n) is 4.67. The third-order valence-corrected chi connectivity index (χ3v) is 5.98. The predicted octanol–water partition coefficient (Wildman–Crippen LogP) is 2.96. The van der Waals surface area contributed by atoms with Crippen LogP contribution in [0.2, 0.25) is 0 Å². The third-order valence-electron chi connectivity index (χ3n) is 5.98. The molecule has 2 aromatic carbocycles. The molecule has 5 rings (SSSR count). The molecular formula is C22H18N2O4. The summed E-state index contributed by atoms with van der Waals surface area (Å²) in [5.74, 6) is -0.578. The Morgan fingerprint density at radius 3 is 2.04 bits per heavy atom. The molecule has 0 spiro atoms. The number of nitrogens with zero attached hydrogens (tertiary/aromatic N) is 1. The molecule has 3 aliphatic rings. The minimum Gasteiger partial charge on any atom is -0.508 e. The number of hydrogen-bond acceptors (Lipinski definition) is 4. The minimum atomic E-state index is -0.310. The first kappa shape index (κ1) is 16.7. The van der Waals surface area contributed by atoms with E-state index in [1.165, 1.54) is 17.0 Å². The Balaban J connectivity index is 1.34. The van der Waals surface area contributed by atoms with Crippen LogP contribution >= 0.6 is 0 Å². The lowest BCUT2D eigenvalue weighted by Crippen LogP contribution is -2.32. The van der Waals surface area contributed by atoms with E-state index in [4.69, 9.17) is 0 Å². The maximum absolute atomic E-state index is 12.8. The standard InChI is InChI=1S/C22H18N2O4/c25-17-9-5-15(6-10-17)23-20(26)12-3-7-16(8-4-12)24-21(27)18-13-1-2-14(11-13)19(18)22(24)28/h1-10,13-14,18-19,25H,11H2,(H,23,26)/t13-,14+,18-,19+. The van der Waals surface area contributed by atoms with Crippen molar-refractivity contribution in [3.63, 3.8) is 0 Å². The maximum Gasteiger partial charge on any atom is 0.255 e. The van der Waals surface area contributed by atoms with E-state index in [0.717, 1.165) is 6.42 Å². The molecule has 2 N–H and O–H groups in total. The SMILES string of the molecule is O=C(Nc1ccc(O)cc1)c1ccc(N2C(=O)[C@@H]3[C@H](C2=O)[C@@H]2C=C[C@H]3C2)cc1. The summed E-state index contributed by atoms with van der Waals surface area (Å²) >= 11 is 0. The van der Waals surface area contributed by atoms with E-state index in [1.54, 1.807) is 36.4 Å². The van der Waals surface area contributed by atoms with Crippen LogP contribution in [0.5, 0.6) is 5.75 Å². The van der Waals surface area contributed by atoms with Crippen molar-refractivity contribution in [2.45, 2.75) is 6.42 Å². The second kappa shape index (κ2) is 6.05. The summed E-state index contributed by atoms with van der Waals surface area (Å²) in [7, 11) is 0. The molecule has 6 nitrogen and oxygen atoms in total. The van der Waals surface area contributed by atoms with Crippen molar-refractivity contribution in [2.75, 3.05) is 10.2 Å². The van der Waals surface area contributed by atoms with E-state index >= 15 is 0 Å². The third kappa shape index (κ3) is 2.45. The average Bonchev–Trinajstić information content (AvgIpc) is 3.38. The van der Waals surface area contributed by atoms with Crippen molar-refractivity contribution in [1.82, 2.24) is 0 Å². The van der Waals surface area contributed by atoms with Gasteiger partial charge in [-0.2, -0.15) is 0 Å². The first-order valence-electron chi connectivity index (χ1n) is 9.29. The first-order chi connectivity index (χ1) is 13.5. The van der Waals surface area contributed by atoms with Crippen molar-refractivity contribution in [3.05, 3.63) is 66.2 Å². The van der Waals surface area contributed by atoms with E-state index in [9.17, 15) is 19.5 Å². The molecule has 2 fully saturated rings. The fraction of sp³-hybridized carbons (Fsp3) is 0.227. The van der Waals surface area contributed by atoms with Crippen molar-refractivity contribution < 1.29 is 19.5 Å². The van der Waals surface area contributed by atoms with Gasteiger partial charge in [0.1, 0.15) is 5.75 Å². The Morgan fingerprint density at radius 2 is 1.46 bits per heavy atom. The number of imide groups is 1. The molecule has 1 saturated carbocycles. The number of fused-ring (bicyclic) bond motifs is 5. The summed E-state index contributed by atoms with van der Waals surface area (Å²) in [5.41, 5.74) is 1.48. The van der Waals surface area contributed by atoms with Crippen LogP contribution in [0.1, 0.15) is 16.8 Å². The number of phenolic OH excluding ortho intramolecular Hbond substituents is 1. The Morgan fingerprint density at radius 1 is 0.893 bits per heavy atom. The smallest absolute Gasteiger partial charge is 0.255 e. The zero-order valence-electron chi connectivity index (χ0n) is 14.9. The van der Waals surface area contributed by atoms with Crippen LogP contribution in [0, 0.1) is 23.7 Å². The zero-order valence-corrected chi connectivity index (χ0v) is 14.9. The maximum atomic E-state index is 12.8. The molecule has 4 atom stereocenters. The monoisotopic (exact) mass is 374 g/mol. The molecule has 1 aliphatic heterocycles. The quantitative estimate of drug-likeness (QED) is 0.491. The van der Waals surface area contributed by atoms with Crippen LogP contribution in [0.4, 0.5) is 11.4 Å². The van der Waals surface area contributed by atoms with E-state index in [2.05, 4.69) is 17.5 Å². The number of rotatable bonds is 3. The minimum absolute atomic E-state index is 0.121. The van der Waals surface area contributed by atoms with E-state index in [0.29, 0.717) is 16.9 Å². The van der Waals surface area contributed by atoms with Gasteiger partial charge in [0.25, 0.3) is 5.91 Å². The summed E-state index contributed by atoms with van der Waals surface area (Å²) in [4.78, 5) is 39.4. The van der Waals surface area contributed by atoms with E-state index in [1.807, 2.05) is 0 Å². The zero-order chi connectivity index (χ0) is 19.4. The number of benzene rings is 2. The summed E-state index contributed by atoms with van der Waals surface area (Å²) in [5, 5.41) is 12.0. The van der Waals surface area contributed by atoms with Gasteiger partial charge in [0, 0.05) is 11.3 Å². The molecule has 2 bridgehead atoms. The number of anilines is 2. The van der Waals surface area contributed by atoms with Gasteiger partial charge in [0.05, 0.1) is 17.5 Å². The van der Waals surface area contributed by atoms with Crippen LogP contribution in [0.15, 0.2) is 60.7 Å². The highest BCUT2D eigenvalue weighted by molar-refractivity contribution is 6.23. The number of hydrogen-bond donors (Lipinski definition) is 2. The van der Waals surface area contributed by atoms with Gasteiger partial charge in [-0.1, -0.05) is 12.2 Å². The fourth-order valence-corrected chi connectivity index (χ4v) is 4.67. The summed E-state index contributed by atoms with van der Waals surface area (Å²) in [6, 6.07) is 12.7. The van der Waals surface area contributed by atoms with Crippen molar-refractivity contribution in [2.24, 2.45) is 23.7 Å². The van der Waals surface area contributed by atoms with Gasteiger partial charge in [-0.15, -0.1) is 0 Å². The molecule has 2 aromatic rings. The van der Waals surface area contributed by atoms with Crippen molar-refractivity contribution in [3.8, 4) is 5.75 Å². The molecule has 140 valence electrons. The predicted molar refractivity (Wildman–Crippen MR) is 103 cm³/mol. The second-order valence-electron chi connectivity index (χ2n) is 7.56. The second-order valence-corrected chi connectivity index (χ2v) is 7.56. The van der Waals surface area contributed by atoms with Gasteiger partial charge >= 0.3 is 0 Å². The van der Waals surface area contributed by atoms with Crippen LogP contribution < -0.4 is 10.2 Å². The molecule has 3 amide bonds. The molecule has 0 aromatic heterocycles. The van der Waals surface area contributed by atoms with Gasteiger partial charge in [0.15, 0.2) is 0 Å². The lowest BCUT2D eigenvalue weighted by molar-refractivity contribution is -0.123. The lowest BCUT2D eigenvalue weighted by atomic mass is 9.85. The number of amides is 3. The van der Waals surface area contributed by atoms with Gasteiger partial charge in [-0.25, -0.2) is 0 Å². The summed E-state index contributed by atoms with van der Waals surface area (Å²) in [6.45, 7) is 0. The number of phenols is 1. The van der Waals surface area contributed by atoms with Crippen LogP contribution in [-0.4, -0.2) is 22.8 Å². The Kier molecular flexibility index (Phi) is 3.62.